The van der Waals surface area contributed by atoms with Gasteiger partial charge in [0.25, 0.3) is 0 Å². The summed E-state index contributed by atoms with van der Waals surface area (Å²) in [7, 11) is -3.29. The lowest BCUT2D eigenvalue weighted by Gasteiger charge is -2.20. The van der Waals surface area contributed by atoms with Crippen LogP contribution < -0.4 is 0 Å². The smallest absolute Gasteiger partial charge is 0.226 e. The largest absolute Gasteiger partial charge is 0.441 e. The summed E-state index contributed by atoms with van der Waals surface area (Å²) in [5.41, 5.74) is 3.77. The molecule has 1 saturated heterocycles. The molecule has 1 unspecified atom stereocenters. The molecular formula is C24H31Cl2N3O3S. The van der Waals surface area contributed by atoms with Crippen LogP contribution in [0, 0.1) is 6.92 Å². The van der Waals surface area contributed by atoms with Gasteiger partial charge < -0.3 is 9.32 Å². The number of benzene rings is 1. The molecule has 9 heteroatoms. The highest BCUT2D eigenvalue weighted by atomic mass is 35.5. The van der Waals surface area contributed by atoms with Gasteiger partial charge in [0.1, 0.15) is 5.76 Å². The Labute approximate surface area is 208 Å². The maximum absolute atomic E-state index is 11.9. The van der Waals surface area contributed by atoms with Gasteiger partial charge in [-0.1, -0.05) is 19.1 Å². The Morgan fingerprint density at radius 1 is 1.06 bits per heavy atom. The third kappa shape index (κ3) is 6.15. The van der Waals surface area contributed by atoms with E-state index in [4.69, 9.17) is 9.40 Å². The molecule has 0 N–H and O–H groups in total. The minimum Gasteiger partial charge on any atom is -0.441 e. The van der Waals surface area contributed by atoms with Gasteiger partial charge in [-0.25, -0.2) is 18.4 Å². The first-order valence-electron chi connectivity index (χ1n) is 10.9. The van der Waals surface area contributed by atoms with Crippen LogP contribution in [0.1, 0.15) is 38.1 Å². The molecule has 0 saturated carbocycles. The maximum atomic E-state index is 11.9. The van der Waals surface area contributed by atoms with Crippen molar-refractivity contribution in [3.8, 4) is 22.6 Å². The molecule has 1 aromatic carbocycles. The van der Waals surface area contributed by atoms with Gasteiger partial charge >= 0.3 is 0 Å². The number of hydrogen-bond donors (Lipinski definition) is 0. The van der Waals surface area contributed by atoms with Crippen molar-refractivity contribution in [2.45, 2.75) is 51.1 Å². The molecule has 0 aliphatic carbocycles. The predicted molar refractivity (Wildman–Crippen MR) is 136 cm³/mol. The summed E-state index contributed by atoms with van der Waals surface area (Å²) in [6.07, 6.45) is 5.06. The number of aromatic nitrogens is 2. The van der Waals surface area contributed by atoms with Gasteiger partial charge in [0.2, 0.25) is 5.89 Å². The Balaban J connectivity index is 0.00000193. The number of aryl methyl sites for hydroxylation is 1. The van der Waals surface area contributed by atoms with Crippen molar-refractivity contribution in [1.29, 1.82) is 0 Å². The Morgan fingerprint density at radius 3 is 2.30 bits per heavy atom. The summed E-state index contributed by atoms with van der Waals surface area (Å²) < 4.78 is 29.8. The van der Waals surface area contributed by atoms with Crippen LogP contribution in [0.15, 0.2) is 52.0 Å². The van der Waals surface area contributed by atoms with Crippen molar-refractivity contribution < 1.29 is 12.8 Å². The Hall–Kier alpha value is -1.93. The van der Waals surface area contributed by atoms with Crippen LogP contribution in [-0.4, -0.2) is 48.2 Å². The fourth-order valence-electron chi connectivity index (χ4n) is 4.05. The first kappa shape index (κ1) is 27.3. The number of pyridine rings is 1. The Bertz CT molecular complexity index is 1150. The summed E-state index contributed by atoms with van der Waals surface area (Å²) in [5, 5.41) is 0.112. The molecule has 1 fully saturated rings. The summed E-state index contributed by atoms with van der Waals surface area (Å²) in [4.78, 5) is 11.4. The van der Waals surface area contributed by atoms with Crippen molar-refractivity contribution in [2.75, 3.05) is 18.8 Å². The highest BCUT2D eigenvalue weighted by Crippen LogP contribution is 2.27. The minimum absolute atomic E-state index is 0. The van der Waals surface area contributed by atoms with Crippen molar-refractivity contribution in [3.05, 3.63) is 54.0 Å². The number of likely N-dealkylation sites (tertiary alicyclic amines) is 1. The number of rotatable bonds is 7. The highest BCUT2D eigenvalue weighted by Gasteiger charge is 2.21. The topological polar surface area (TPSA) is 76.3 Å². The number of nitrogens with zero attached hydrogens (tertiary/aromatic N) is 3. The van der Waals surface area contributed by atoms with Crippen LogP contribution in [0.3, 0.4) is 0 Å². The van der Waals surface area contributed by atoms with Crippen LogP contribution >= 0.6 is 24.8 Å². The lowest BCUT2D eigenvalue weighted by molar-refractivity contribution is 0.271. The molecule has 3 aromatic rings. The fourth-order valence-corrected chi connectivity index (χ4v) is 4.83. The van der Waals surface area contributed by atoms with E-state index in [-0.39, 0.29) is 35.6 Å². The summed E-state index contributed by atoms with van der Waals surface area (Å²) in [6.45, 7) is 8.08. The van der Waals surface area contributed by atoms with Gasteiger partial charge in [0.05, 0.1) is 11.4 Å². The Morgan fingerprint density at radius 2 is 1.73 bits per heavy atom. The zero-order chi connectivity index (χ0) is 22.0. The second-order valence-corrected chi connectivity index (χ2v) is 10.4. The number of oxazole rings is 1. The highest BCUT2D eigenvalue weighted by molar-refractivity contribution is 7.91. The van der Waals surface area contributed by atoms with Gasteiger partial charge in [-0.2, -0.15) is 0 Å². The molecule has 1 aliphatic rings. The van der Waals surface area contributed by atoms with Crippen molar-refractivity contribution >= 4 is 34.7 Å². The molecule has 0 bridgehead atoms. The molecule has 6 nitrogen and oxygen atoms in total. The second kappa shape index (κ2) is 11.5. The summed E-state index contributed by atoms with van der Waals surface area (Å²) in [6, 6.07) is 11.9. The number of hydrogen-bond acceptors (Lipinski definition) is 6. The van der Waals surface area contributed by atoms with Crippen molar-refractivity contribution in [3.63, 3.8) is 0 Å². The van der Waals surface area contributed by atoms with E-state index < -0.39 is 9.84 Å². The zero-order valence-corrected chi connectivity index (χ0v) is 21.6. The van der Waals surface area contributed by atoms with Crippen LogP contribution in [0.25, 0.3) is 22.6 Å². The second-order valence-electron chi connectivity index (χ2n) is 8.17. The average Bonchev–Trinajstić information content (AvgIpc) is 3.37. The summed E-state index contributed by atoms with van der Waals surface area (Å²) >= 11 is 0. The fraction of sp³-hybridized carbons (Fsp3) is 0.417. The van der Waals surface area contributed by atoms with Crippen LogP contribution in [-0.2, 0) is 16.3 Å². The minimum atomic E-state index is -3.29. The molecular weight excluding hydrogens is 481 g/mol. The molecule has 1 aliphatic heterocycles. The van der Waals surface area contributed by atoms with Gasteiger partial charge in [0, 0.05) is 36.3 Å². The van der Waals surface area contributed by atoms with Gasteiger partial charge in [-0.15, -0.1) is 24.8 Å². The van der Waals surface area contributed by atoms with E-state index in [2.05, 4.69) is 16.8 Å². The zero-order valence-electron chi connectivity index (χ0n) is 19.2. The molecule has 1 atom stereocenters. The van der Waals surface area contributed by atoms with E-state index in [0.29, 0.717) is 11.9 Å². The normalized spacial score (nSPS) is 16.3. The first-order chi connectivity index (χ1) is 14.9. The van der Waals surface area contributed by atoms with E-state index in [9.17, 15) is 8.42 Å². The number of sulfone groups is 1. The molecule has 0 amide bonds. The van der Waals surface area contributed by atoms with Gasteiger partial charge in [0.15, 0.2) is 14.9 Å². The molecule has 0 radical (unpaired) electrons. The molecule has 4 rings (SSSR count). The van der Waals surface area contributed by atoms with Crippen LogP contribution in [0.5, 0.6) is 0 Å². The van der Waals surface area contributed by atoms with E-state index >= 15 is 0 Å². The predicted octanol–water partition coefficient (Wildman–Crippen LogP) is 5.38. The van der Waals surface area contributed by atoms with E-state index in [0.717, 1.165) is 41.1 Å². The van der Waals surface area contributed by atoms with Crippen molar-refractivity contribution in [1.82, 2.24) is 14.9 Å². The van der Waals surface area contributed by atoms with E-state index in [1.807, 2.05) is 31.2 Å². The standard InChI is InChI=1S/C24H29N3O3S.2ClH/c1-4-31(28,29)23-12-11-21(16-25-23)19-7-9-20(10-8-19)24-26-22(18(3)30-24)13-15-27-14-5-6-17(27)2;;/h7-12,16-17H,4-6,13-15H2,1-3H3;2*1H. The molecule has 2 aromatic heterocycles. The van der Waals surface area contributed by atoms with Crippen LogP contribution in [0.4, 0.5) is 0 Å². The monoisotopic (exact) mass is 511 g/mol. The van der Waals surface area contributed by atoms with Gasteiger partial charge in [-0.05, 0) is 63.1 Å². The lowest BCUT2D eigenvalue weighted by atomic mass is 10.1. The molecule has 0 spiro atoms. The third-order valence-corrected chi connectivity index (χ3v) is 7.76. The average molecular weight is 513 g/mol. The van der Waals surface area contributed by atoms with E-state index in [1.54, 1.807) is 25.3 Å². The third-order valence-electron chi connectivity index (χ3n) is 6.12. The molecule has 180 valence electrons. The summed E-state index contributed by atoms with van der Waals surface area (Å²) in [5.74, 6) is 1.56. The van der Waals surface area contributed by atoms with Crippen molar-refractivity contribution in [2.24, 2.45) is 0 Å². The van der Waals surface area contributed by atoms with Gasteiger partial charge in [-0.3, -0.25) is 0 Å². The SMILES string of the molecule is CCS(=O)(=O)c1ccc(-c2ccc(-c3nc(CCN4CCCC4C)c(C)o3)cc2)cn1.Cl.Cl. The first-order valence-corrected chi connectivity index (χ1v) is 12.5. The molecule has 3 heterocycles. The lowest BCUT2D eigenvalue weighted by Crippen LogP contribution is -2.29. The van der Waals surface area contributed by atoms with E-state index in [1.165, 1.54) is 19.4 Å². The van der Waals surface area contributed by atoms with Crippen LogP contribution in [0.2, 0.25) is 0 Å². The quantitative estimate of drug-likeness (QED) is 0.423. The number of halogens is 2. The maximum Gasteiger partial charge on any atom is 0.226 e. The Kier molecular flexibility index (Phi) is 9.49. The molecule has 33 heavy (non-hydrogen) atoms.